The van der Waals surface area contributed by atoms with E-state index >= 15 is 0 Å². The van der Waals surface area contributed by atoms with Gasteiger partial charge in [0.15, 0.2) is 22.7 Å². The molecule has 0 atom stereocenters. The zero-order valence-electron chi connectivity index (χ0n) is 17.4. The van der Waals surface area contributed by atoms with Gasteiger partial charge in [-0.1, -0.05) is 23.7 Å². The van der Waals surface area contributed by atoms with Crippen molar-refractivity contribution in [1.29, 1.82) is 0 Å². The third kappa shape index (κ3) is 3.18. The molecule has 0 amide bonds. The number of hydrogen-bond acceptors (Lipinski definition) is 7. The van der Waals surface area contributed by atoms with E-state index in [0.29, 0.717) is 46.9 Å². The summed E-state index contributed by atoms with van der Waals surface area (Å²) in [6.07, 6.45) is 0. The second-order valence-corrected chi connectivity index (χ2v) is 8.15. The lowest BCUT2D eigenvalue weighted by Crippen LogP contribution is -2.44. The third-order valence-electron chi connectivity index (χ3n) is 5.80. The highest BCUT2D eigenvalue weighted by Crippen LogP contribution is 2.35. The number of ether oxygens (including phenoxy) is 2. The summed E-state index contributed by atoms with van der Waals surface area (Å²) < 4.78 is 14.0. The zero-order valence-corrected chi connectivity index (χ0v) is 18.1. The maximum atomic E-state index is 13.1. The van der Waals surface area contributed by atoms with Crippen molar-refractivity contribution in [2.24, 2.45) is 0 Å². The summed E-state index contributed by atoms with van der Waals surface area (Å²) in [6.45, 7) is 3.05. The van der Waals surface area contributed by atoms with Gasteiger partial charge in [0.2, 0.25) is 12.7 Å². The van der Waals surface area contributed by atoms with Gasteiger partial charge in [0.1, 0.15) is 0 Å². The van der Waals surface area contributed by atoms with Crippen LogP contribution in [0.25, 0.3) is 22.5 Å². The fourth-order valence-corrected chi connectivity index (χ4v) is 4.49. The van der Waals surface area contributed by atoms with Gasteiger partial charge >= 0.3 is 5.69 Å². The molecule has 11 heteroatoms. The van der Waals surface area contributed by atoms with Crippen molar-refractivity contribution in [1.82, 2.24) is 24.4 Å². The number of nitrogens with one attached hydrogen (secondary N) is 2. The SMILES string of the molecule is O=c1[nH]c(=O)n(-c2ccc3c(c2)OCO3)c2nc(N3CCNCC3)n(-c3ccccc3Cl)c12. The van der Waals surface area contributed by atoms with E-state index in [-0.39, 0.29) is 18.0 Å². The predicted octanol–water partition coefficient (Wildman–Crippen LogP) is 1.66. The Morgan fingerprint density at radius 3 is 2.58 bits per heavy atom. The topological polar surface area (TPSA) is 106 Å². The fraction of sp³-hybridized carbons (Fsp3) is 0.227. The number of para-hydroxylation sites is 1. The molecule has 10 nitrogen and oxygen atoms in total. The van der Waals surface area contributed by atoms with Crippen LogP contribution in [0, 0.1) is 0 Å². The molecule has 2 aromatic carbocycles. The van der Waals surface area contributed by atoms with Crippen LogP contribution in [0.3, 0.4) is 0 Å². The third-order valence-corrected chi connectivity index (χ3v) is 6.12. The van der Waals surface area contributed by atoms with E-state index in [1.54, 1.807) is 28.8 Å². The maximum absolute atomic E-state index is 13.1. The van der Waals surface area contributed by atoms with Gasteiger partial charge in [-0.2, -0.15) is 4.98 Å². The first kappa shape index (κ1) is 19.9. The van der Waals surface area contributed by atoms with Crippen molar-refractivity contribution >= 4 is 28.7 Å². The summed E-state index contributed by atoms with van der Waals surface area (Å²) in [7, 11) is 0. The molecule has 2 aliphatic rings. The number of imidazole rings is 1. The van der Waals surface area contributed by atoms with Crippen molar-refractivity contribution in [3.05, 3.63) is 68.3 Å². The molecule has 0 aliphatic carbocycles. The first-order chi connectivity index (χ1) is 16.1. The van der Waals surface area contributed by atoms with E-state index in [1.807, 2.05) is 18.2 Å². The van der Waals surface area contributed by atoms with E-state index in [0.717, 1.165) is 13.1 Å². The summed E-state index contributed by atoms with van der Waals surface area (Å²) in [6, 6.07) is 12.4. The number of nitrogens with zero attached hydrogens (tertiary/aromatic N) is 4. The highest BCUT2D eigenvalue weighted by molar-refractivity contribution is 6.32. The van der Waals surface area contributed by atoms with Gasteiger partial charge in [0, 0.05) is 32.2 Å². The maximum Gasteiger partial charge on any atom is 0.334 e. The number of anilines is 1. The van der Waals surface area contributed by atoms with Gasteiger partial charge in [-0.05, 0) is 24.3 Å². The van der Waals surface area contributed by atoms with Crippen LogP contribution in [0.2, 0.25) is 5.02 Å². The molecule has 1 fully saturated rings. The van der Waals surface area contributed by atoms with Gasteiger partial charge in [0.05, 0.1) is 16.4 Å². The van der Waals surface area contributed by atoms with E-state index in [2.05, 4.69) is 15.2 Å². The number of aromatic nitrogens is 4. The number of fused-ring (bicyclic) bond motifs is 2. The normalized spacial score (nSPS) is 15.4. The summed E-state index contributed by atoms with van der Waals surface area (Å²) in [5, 5.41) is 3.78. The Bertz CT molecular complexity index is 1500. The molecule has 2 aromatic heterocycles. The number of halogens is 1. The molecule has 1 saturated heterocycles. The summed E-state index contributed by atoms with van der Waals surface area (Å²) in [4.78, 5) is 35.4. The minimum atomic E-state index is -0.595. The first-order valence-corrected chi connectivity index (χ1v) is 10.9. The average molecular weight is 467 g/mol. The number of hydrogen-bond donors (Lipinski definition) is 2. The molecular formula is C22H19ClN6O4. The van der Waals surface area contributed by atoms with Crippen LogP contribution in [0.5, 0.6) is 11.5 Å². The van der Waals surface area contributed by atoms with Gasteiger partial charge in [0.25, 0.3) is 5.56 Å². The predicted molar refractivity (Wildman–Crippen MR) is 124 cm³/mol. The molecule has 168 valence electrons. The Balaban J connectivity index is 1.68. The van der Waals surface area contributed by atoms with Crippen molar-refractivity contribution in [3.63, 3.8) is 0 Å². The molecular weight excluding hydrogens is 448 g/mol. The summed E-state index contributed by atoms with van der Waals surface area (Å²) >= 11 is 6.54. The fourth-order valence-electron chi connectivity index (χ4n) is 4.27. The van der Waals surface area contributed by atoms with Crippen LogP contribution in [0.15, 0.2) is 52.1 Å². The Morgan fingerprint density at radius 2 is 1.76 bits per heavy atom. The highest BCUT2D eigenvalue weighted by Gasteiger charge is 2.26. The Kier molecular flexibility index (Phi) is 4.63. The molecule has 2 N–H and O–H groups in total. The van der Waals surface area contributed by atoms with Crippen molar-refractivity contribution in [3.8, 4) is 22.9 Å². The molecule has 0 saturated carbocycles. The molecule has 0 unspecified atom stereocenters. The van der Waals surface area contributed by atoms with Gasteiger partial charge in [-0.15, -0.1) is 0 Å². The number of H-pyrrole nitrogens is 1. The monoisotopic (exact) mass is 466 g/mol. The molecule has 6 rings (SSSR count). The van der Waals surface area contributed by atoms with E-state index in [9.17, 15) is 9.59 Å². The van der Waals surface area contributed by atoms with E-state index in [4.69, 9.17) is 26.1 Å². The van der Waals surface area contributed by atoms with Gasteiger partial charge in [-0.3, -0.25) is 14.3 Å². The molecule has 33 heavy (non-hydrogen) atoms. The number of benzene rings is 2. The average Bonchev–Trinajstić information content (AvgIpc) is 3.45. The zero-order chi connectivity index (χ0) is 22.5. The lowest BCUT2D eigenvalue weighted by Gasteiger charge is -2.28. The quantitative estimate of drug-likeness (QED) is 0.473. The molecule has 0 radical (unpaired) electrons. The van der Waals surface area contributed by atoms with Crippen LogP contribution in [-0.2, 0) is 0 Å². The number of rotatable bonds is 3. The van der Waals surface area contributed by atoms with Crippen molar-refractivity contribution in [2.45, 2.75) is 0 Å². The Labute approximate surface area is 191 Å². The molecule has 4 heterocycles. The minimum absolute atomic E-state index is 0.114. The van der Waals surface area contributed by atoms with Crippen LogP contribution in [0.4, 0.5) is 5.95 Å². The minimum Gasteiger partial charge on any atom is -0.454 e. The first-order valence-electron chi connectivity index (χ1n) is 10.5. The second-order valence-electron chi connectivity index (χ2n) is 7.74. The standard InChI is InChI=1S/C22H19ClN6O4/c23-14-3-1-2-4-15(14)29-18-19(25-21(29)27-9-7-24-8-10-27)28(22(31)26-20(18)30)13-5-6-16-17(11-13)33-12-32-16/h1-6,11,24H,7-10,12H2,(H,26,30,31). The largest absolute Gasteiger partial charge is 0.454 e. The highest BCUT2D eigenvalue weighted by atomic mass is 35.5. The van der Waals surface area contributed by atoms with E-state index in [1.165, 1.54) is 4.57 Å². The van der Waals surface area contributed by atoms with Gasteiger partial charge < -0.3 is 19.7 Å². The van der Waals surface area contributed by atoms with Crippen molar-refractivity contribution < 1.29 is 9.47 Å². The smallest absolute Gasteiger partial charge is 0.334 e. The number of piperazine rings is 1. The molecule has 2 aliphatic heterocycles. The lowest BCUT2D eigenvalue weighted by molar-refractivity contribution is 0.174. The number of aromatic amines is 1. The summed E-state index contributed by atoms with van der Waals surface area (Å²) in [5.74, 6) is 1.66. The van der Waals surface area contributed by atoms with Crippen LogP contribution in [-0.4, -0.2) is 52.1 Å². The Morgan fingerprint density at radius 1 is 0.970 bits per heavy atom. The van der Waals surface area contributed by atoms with Crippen LogP contribution < -0.4 is 30.9 Å². The second kappa shape index (κ2) is 7.68. The van der Waals surface area contributed by atoms with Crippen molar-refractivity contribution in [2.75, 3.05) is 37.9 Å². The molecule has 0 bridgehead atoms. The Hall–Kier alpha value is -3.76. The molecule has 0 spiro atoms. The van der Waals surface area contributed by atoms with Gasteiger partial charge in [-0.25, -0.2) is 9.36 Å². The van der Waals surface area contributed by atoms with E-state index < -0.39 is 11.2 Å². The van der Waals surface area contributed by atoms with Crippen LogP contribution in [0.1, 0.15) is 0 Å². The lowest BCUT2D eigenvalue weighted by atomic mass is 10.2. The van der Waals surface area contributed by atoms with Crippen LogP contribution >= 0.6 is 11.6 Å². The summed E-state index contributed by atoms with van der Waals surface area (Å²) in [5.41, 5.74) is 0.436. The molecule has 4 aromatic rings.